The van der Waals surface area contributed by atoms with Gasteiger partial charge in [-0.3, -0.25) is 4.79 Å². The molecule has 24 heavy (non-hydrogen) atoms. The lowest BCUT2D eigenvalue weighted by molar-refractivity contribution is 0.0952. The Morgan fingerprint density at radius 2 is 2.12 bits per heavy atom. The van der Waals surface area contributed by atoms with Crippen LogP contribution >= 0.6 is 0 Å². The van der Waals surface area contributed by atoms with E-state index in [0.717, 1.165) is 5.69 Å². The van der Waals surface area contributed by atoms with Crippen LogP contribution in [0, 0.1) is 12.7 Å². The molecular weight excluding hydrogens is 307 g/mol. The van der Waals surface area contributed by atoms with E-state index in [1.54, 1.807) is 29.1 Å². The smallest absolute Gasteiger partial charge is 0.252 e. The molecular formula is C18H19FN4O. The molecule has 0 bridgehead atoms. The van der Waals surface area contributed by atoms with Crippen LogP contribution in [0.1, 0.15) is 41.5 Å². The van der Waals surface area contributed by atoms with Crippen LogP contribution in [-0.4, -0.2) is 20.7 Å². The van der Waals surface area contributed by atoms with Crippen molar-refractivity contribution in [3.8, 4) is 0 Å². The van der Waals surface area contributed by atoms with E-state index in [1.807, 2.05) is 20.8 Å². The first-order chi connectivity index (χ1) is 11.5. The third-order valence-electron chi connectivity index (χ3n) is 3.77. The highest BCUT2D eigenvalue weighted by molar-refractivity contribution is 6.05. The lowest BCUT2D eigenvalue weighted by atomic mass is 10.1. The summed E-state index contributed by atoms with van der Waals surface area (Å²) >= 11 is 0. The maximum absolute atomic E-state index is 13.2. The first-order valence-electron chi connectivity index (χ1n) is 7.83. The Bertz CT molecular complexity index is 901. The van der Waals surface area contributed by atoms with Gasteiger partial charge in [-0.2, -0.15) is 5.10 Å². The van der Waals surface area contributed by atoms with Crippen molar-refractivity contribution in [2.45, 2.75) is 33.4 Å². The fourth-order valence-electron chi connectivity index (χ4n) is 2.63. The predicted molar refractivity (Wildman–Crippen MR) is 90.2 cm³/mol. The first-order valence-corrected chi connectivity index (χ1v) is 7.83. The van der Waals surface area contributed by atoms with Gasteiger partial charge in [-0.1, -0.05) is 12.1 Å². The van der Waals surface area contributed by atoms with Crippen molar-refractivity contribution in [2.75, 3.05) is 0 Å². The first kappa shape index (κ1) is 16.1. The second-order valence-corrected chi connectivity index (χ2v) is 6.04. The minimum absolute atomic E-state index is 0.153. The van der Waals surface area contributed by atoms with Crippen molar-refractivity contribution in [3.63, 3.8) is 0 Å². The summed E-state index contributed by atoms with van der Waals surface area (Å²) in [5.41, 5.74) is 2.69. The minimum atomic E-state index is -0.317. The Balaban J connectivity index is 1.89. The van der Waals surface area contributed by atoms with Crippen molar-refractivity contribution >= 4 is 16.9 Å². The van der Waals surface area contributed by atoms with Gasteiger partial charge in [0.1, 0.15) is 5.82 Å². The highest BCUT2D eigenvalue weighted by Crippen LogP contribution is 2.21. The second kappa shape index (κ2) is 6.39. The molecule has 5 nitrogen and oxygen atoms in total. The molecule has 0 unspecified atom stereocenters. The molecule has 0 aliphatic carbocycles. The summed E-state index contributed by atoms with van der Waals surface area (Å²) in [6.45, 7) is 6.14. The number of nitrogens with one attached hydrogen (secondary N) is 1. The van der Waals surface area contributed by atoms with Crippen LogP contribution in [0.4, 0.5) is 4.39 Å². The Morgan fingerprint density at radius 1 is 1.33 bits per heavy atom. The van der Waals surface area contributed by atoms with E-state index in [0.29, 0.717) is 22.2 Å². The summed E-state index contributed by atoms with van der Waals surface area (Å²) in [6.07, 6.45) is 1.67. The average Bonchev–Trinajstić information content (AvgIpc) is 2.95. The molecule has 0 saturated carbocycles. The molecule has 6 heteroatoms. The number of aromatic nitrogens is 3. The molecule has 1 amide bonds. The molecule has 2 aromatic heterocycles. The number of carbonyl (C=O) groups excluding carboxylic acids is 1. The van der Waals surface area contributed by atoms with Crippen molar-refractivity contribution < 1.29 is 9.18 Å². The lowest BCUT2D eigenvalue weighted by Gasteiger charge is -2.09. The average molecular weight is 326 g/mol. The van der Waals surface area contributed by atoms with Gasteiger partial charge in [0.15, 0.2) is 5.65 Å². The monoisotopic (exact) mass is 326 g/mol. The zero-order chi connectivity index (χ0) is 17.3. The van der Waals surface area contributed by atoms with Gasteiger partial charge in [-0.05, 0) is 44.5 Å². The molecule has 0 saturated heterocycles. The topological polar surface area (TPSA) is 59.8 Å². The van der Waals surface area contributed by atoms with E-state index in [1.165, 1.54) is 12.1 Å². The van der Waals surface area contributed by atoms with Gasteiger partial charge in [-0.25, -0.2) is 14.1 Å². The van der Waals surface area contributed by atoms with Crippen molar-refractivity contribution in [2.24, 2.45) is 0 Å². The summed E-state index contributed by atoms with van der Waals surface area (Å²) in [7, 11) is 0. The molecule has 0 aliphatic heterocycles. The van der Waals surface area contributed by atoms with Crippen LogP contribution in [0.25, 0.3) is 11.0 Å². The van der Waals surface area contributed by atoms with Crippen molar-refractivity contribution in [1.82, 2.24) is 20.1 Å². The highest BCUT2D eigenvalue weighted by Gasteiger charge is 2.16. The van der Waals surface area contributed by atoms with Crippen LogP contribution in [0.2, 0.25) is 0 Å². The van der Waals surface area contributed by atoms with Gasteiger partial charge in [0.25, 0.3) is 5.91 Å². The second-order valence-electron chi connectivity index (χ2n) is 6.04. The lowest BCUT2D eigenvalue weighted by Crippen LogP contribution is -2.23. The maximum Gasteiger partial charge on any atom is 0.252 e. The normalized spacial score (nSPS) is 11.2. The summed E-state index contributed by atoms with van der Waals surface area (Å²) < 4.78 is 15.0. The number of amides is 1. The number of hydrogen-bond acceptors (Lipinski definition) is 3. The molecule has 0 fully saturated rings. The van der Waals surface area contributed by atoms with E-state index in [4.69, 9.17) is 0 Å². The number of carbonyl (C=O) groups is 1. The molecule has 0 aliphatic rings. The Kier molecular flexibility index (Phi) is 4.29. The van der Waals surface area contributed by atoms with Crippen LogP contribution < -0.4 is 5.32 Å². The Hall–Kier alpha value is -2.76. The fraction of sp³-hybridized carbons (Fsp3) is 0.278. The Morgan fingerprint density at radius 3 is 2.83 bits per heavy atom. The van der Waals surface area contributed by atoms with Crippen LogP contribution in [-0.2, 0) is 6.54 Å². The quantitative estimate of drug-likeness (QED) is 0.799. The molecule has 2 heterocycles. The van der Waals surface area contributed by atoms with E-state index >= 15 is 0 Å². The van der Waals surface area contributed by atoms with Crippen molar-refractivity contribution in [1.29, 1.82) is 0 Å². The zero-order valence-corrected chi connectivity index (χ0v) is 13.9. The number of halogens is 1. The van der Waals surface area contributed by atoms with Crippen molar-refractivity contribution in [3.05, 3.63) is 59.2 Å². The number of hydrogen-bond donors (Lipinski definition) is 1. The van der Waals surface area contributed by atoms with Crippen LogP contribution in [0.5, 0.6) is 0 Å². The van der Waals surface area contributed by atoms with E-state index in [-0.39, 0.29) is 24.3 Å². The zero-order valence-electron chi connectivity index (χ0n) is 13.9. The summed E-state index contributed by atoms with van der Waals surface area (Å²) in [5.74, 6) is -0.542. The third-order valence-corrected chi connectivity index (χ3v) is 3.77. The Labute approximate surface area is 139 Å². The van der Waals surface area contributed by atoms with Gasteiger partial charge in [0, 0.05) is 18.3 Å². The summed E-state index contributed by atoms with van der Waals surface area (Å²) in [6, 6.07) is 8.08. The number of aryl methyl sites for hydroxylation is 1. The van der Waals surface area contributed by atoms with E-state index in [2.05, 4.69) is 15.4 Å². The third kappa shape index (κ3) is 3.13. The van der Waals surface area contributed by atoms with Gasteiger partial charge in [-0.15, -0.1) is 0 Å². The van der Waals surface area contributed by atoms with Gasteiger partial charge in [0.2, 0.25) is 0 Å². The van der Waals surface area contributed by atoms with Gasteiger partial charge in [0.05, 0.1) is 17.1 Å². The van der Waals surface area contributed by atoms with Gasteiger partial charge >= 0.3 is 0 Å². The van der Waals surface area contributed by atoms with Crippen LogP contribution in [0.3, 0.4) is 0 Å². The standard InChI is InChI=1S/C18H19FN4O/c1-11(2)23-17-16(10-21-23)15(7-12(3)22-17)18(24)20-9-13-5-4-6-14(19)8-13/h4-8,10-11H,9H2,1-3H3,(H,20,24). The molecule has 3 rings (SSSR count). The molecule has 124 valence electrons. The predicted octanol–water partition coefficient (Wildman–Crippen LogP) is 3.39. The molecule has 3 aromatic rings. The maximum atomic E-state index is 13.2. The van der Waals surface area contributed by atoms with Gasteiger partial charge < -0.3 is 5.32 Å². The summed E-state index contributed by atoms with van der Waals surface area (Å²) in [5, 5.41) is 7.88. The fourth-order valence-corrected chi connectivity index (χ4v) is 2.63. The number of pyridine rings is 1. The number of rotatable bonds is 4. The molecule has 0 spiro atoms. The van der Waals surface area contributed by atoms with E-state index < -0.39 is 0 Å². The molecule has 0 radical (unpaired) electrons. The molecule has 0 atom stereocenters. The number of fused-ring (bicyclic) bond motifs is 1. The number of nitrogens with zero attached hydrogens (tertiary/aromatic N) is 3. The number of benzene rings is 1. The van der Waals surface area contributed by atoms with E-state index in [9.17, 15) is 9.18 Å². The molecule has 1 N–H and O–H groups in total. The summed E-state index contributed by atoms with van der Waals surface area (Å²) in [4.78, 5) is 17.1. The largest absolute Gasteiger partial charge is 0.348 e. The van der Waals surface area contributed by atoms with Crippen LogP contribution in [0.15, 0.2) is 36.5 Å². The highest BCUT2D eigenvalue weighted by atomic mass is 19.1. The minimum Gasteiger partial charge on any atom is -0.348 e. The SMILES string of the molecule is Cc1cc(C(=O)NCc2cccc(F)c2)c2cnn(C(C)C)c2n1. The molecule has 1 aromatic carbocycles.